The Morgan fingerprint density at radius 2 is 2.05 bits per heavy atom. The van der Waals surface area contributed by atoms with Gasteiger partial charge in [-0.3, -0.25) is 4.79 Å². The normalized spacial score (nSPS) is 29.7. The van der Waals surface area contributed by atoms with Crippen LogP contribution in [0.2, 0.25) is 0 Å². The van der Waals surface area contributed by atoms with Crippen molar-refractivity contribution in [3.8, 4) is 0 Å². The van der Waals surface area contributed by atoms with E-state index in [4.69, 9.17) is 12.2 Å². The average molecular weight is 288 g/mol. The van der Waals surface area contributed by atoms with Crippen molar-refractivity contribution in [2.24, 2.45) is 5.92 Å². The van der Waals surface area contributed by atoms with Crippen LogP contribution in [-0.2, 0) is 11.2 Å². The smallest absolute Gasteiger partial charge is 0.165 e. The van der Waals surface area contributed by atoms with Crippen LogP contribution in [0.15, 0.2) is 30.3 Å². The first-order valence-electron chi connectivity index (χ1n) is 7.35. The zero-order valence-electron chi connectivity index (χ0n) is 11.5. The van der Waals surface area contributed by atoms with Crippen LogP contribution in [0.3, 0.4) is 0 Å². The molecule has 2 N–H and O–H groups in total. The zero-order chi connectivity index (χ0) is 13.9. The van der Waals surface area contributed by atoms with E-state index in [0.717, 1.165) is 30.8 Å². The molecule has 0 amide bonds. The standard InChI is InChI=1S/C16H20N2OS/c19-15-13(10-12-7-4-8-17-12)16(20)18-14(15)9-11-5-2-1-3-6-11/h1-3,5-6,12-14,17H,4,7-10H2,(H,18,20)/t12-,13?,14+/m0/s1. The van der Waals surface area contributed by atoms with Crippen LogP contribution in [0, 0.1) is 5.92 Å². The summed E-state index contributed by atoms with van der Waals surface area (Å²) in [6, 6.07) is 10.4. The van der Waals surface area contributed by atoms with Gasteiger partial charge in [-0.1, -0.05) is 42.5 Å². The zero-order valence-corrected chi connectivity index (χ0v) is 12.3. The molecule has 0 bridgehead atoms. The maximum Gasteiger partial charge on any atom is 0.165 e. The molecule has 0 aliphatic carbocycles. The maximum absolute atomic E-state index is 12.5. The molecule has 1 aromatic rings. The number of rotatable bonds is 4. The molecule has 2 saturated heterocycles. The van der Waals surface area contributed by atoms with Gasteiger partial charge in [-0.15, -0.1) is 0 Å². The summed E-state index contributed by atoms with van der Waals surface area (Å²) in [5.74, 6) is 0.182. The number of nitrogens with one attached hydrogen (secondary N) is 2. The number of thiocarbonyl (C=S) groups is 1. The summed E-state index contributed by atoms with van der Waals surface area (Å²) >= 11 is 5.39. The molecule has 0 saturated carbocycles. The van der Waals surface area contributed by atoms with E-state index in [2.05, 4.69) is 22.8 Å². The van der Waals surface area contributed by atoms with Crippen molar-refractivity contribution >= 4 is 23.0 Å². The molecule has 3 rings (SSSR count). The Hall–Kier alpha value is -1.26. The van der Waals surface area contributed by atoms with Gasteiger partial charge in [0.1, 0.15) is 0 Å². The largest absolute Gasteiger partial charge is 0.369 e. The van der Waals surface area contributed by atoms with Crippen molar-refractivity contribution < 1.29 is 4.79 Å². The van der Waals surface area contributed by atoms with Gasteiger partial charge in [0.2, 0.25) is 0 Å². The average Bonchev–Trinajstić information content (AvgIpc) is 3.05. The highest BCUT2D eigenvalue weighted by Gasteiger charge is 2.39. The highest BCUT2D eigenvalue weighted by atomic mass is 32.1. The lowest BCUT2D eigenvalue weighted by molar-refractivity contribution is -0.121. The fourth-order valence-corrected chi connectivity index (χ4v) is 3.54. The van der Waals surface area contributed by atoms with Crippen LogP contribution in [-0.4, -0.2) is 29.4 Å². The Balaban J connectivity index is 1.64. The SMILES string of the molecule is O=C1C(C[C@@H]2CCCN2)C(=S)N[C@@H]1Cc1ccccc1. The maximum atomic E-state index is 12.5. The Bertz CT molecular complexity index is 496. The van der Waals surface area contributed by atoms with Crippen LogP contribution in [0.25, 0.3) is 0 Å². The third-order valence-electron chi connectivity index (χ3n) is 4.29. The molecule has 0 radical (unpaired) electrons. The minimum Gasteiger partial charge on any atom is -0.369 e. The molecule has 1 unspecified atom stereocenters. The molecule has 2 aliphatic rings. The molecule has 0 spiro atoms. The molecule has 1 aromatic carbocycles. The molecule has 2 aliphatic heterocycles. The van der Waals surface area contributed by atoms with Gasteiger partial charge in [0.15, 0.2) is 5.78 Å². The summed E-state index contributed by atoms with van der Waals surface area (Å²) in [6.45, 7) is 1.07. The number of carbonyl (C=O) groups is 1. The van der Waals surface area contributed by atoms with Crippen LogP contribution < -0.4 is 10.6 Å². The van der Waals surface area contributed by atoms with Gasteiger partial charge in [-0.2, -0.15) is 0 Å². The molecule has 2 heterocycles. The monoisotopic (exact) mass is 288 g/mol. The van der Waals surface area contributed by atoms with Crippen molar-refractivity contribution in [2.45, 2.75) is 37.8 Å². The van der Waals surface area contributed by atoms with Crippen molar-refractivity contribution in [2.75, 3.05) is 6.54 Å². The van der Waals surface area contributed by atoms with Crippen LogP contribution >= 0.6 is 12.2 Å². The second-order valence-corrected chi connectivity index (χ2v) is 6.17. The highest BCUT2D eigenvalue weighted by Crippen LogP contribution is 2.23. The number of hydrogen-bond acceptors (Lipinski definition) is 3. The lowest BCUT2D eigenvalue weighted by Gasteiger charge is -2.14. The van der Waals surface area contributed by atoms with Gasteiger partial charge in [-0.05, 0) is 37.8 Å². The number of Topliss-reactive ketones (excluding diaryl/α,β-unsaturated/α-hetero) is 1. The summed E-state index contributed by atoms with van der Waals surface area (Å²) in [4.78, 5) is 13.3. The second-order valence-electron chi connectivity index (χ2n) is 5.73. The van der Waals surface area contributed by atoms with E-state index in [1.807, 2.05) is 18.2 Å². The third-order valence-corrected chi connectivity index (χ3v) is 4.69. The van der Waals surface area contributed by atoms with Gasteiger partial charge in [0.25, 0.3) is 0 Å². The van der Waals surface area contributed by atoms with Crippen molar-refractivity contribution in [1.82, 2.24) is 10.6 Å². The van der Waals surface area contributed by atoms with Gasteiger partial charge < -0.3 is 10.6 Å². The van der Waals surface area contributed by atoms with E-state index in [1.165, 1.54) is 12.0 Å². The fourth-order valence-electron chi connectivity index (χ4n) is 3.18. The van der Waals surface area contributed by atoms with Crippen molar-refractivity contribution in [1.29, 1.82) is 0 Å². The minimum atomic E-state index is -0.142. The first-order valence-corrected chi connectivity index (χ1v) is 7.76. The van der Waals surface area contributed by atoms with E-state index in [1.54, 1.807) is 0 Å². The quantitative estimate of drug-likeness (QED) is 0.830. The third kappa shape index (κ3) is 2.91. The molecule has 4 heteroatoms. The lowest BCUT2D eigenvalue weighted by Crippen LogP contribution is -2.31. The van der Waals surface area contributed by atoms with Crippen LogP contribution in [0.1, 0.15) is 24.8 Å². The van der Waals surface area contributed by atoms with E-state index in [9.17, 15) is 4.79 Å². The summed E-state index contributed by atoms with van der Waals surface area (Å²) in [5, 5.41) is 6.68. The summed E-state index contributed by atoms with van der Waals surface area (Å²) in [5.41, 5.74) is 1.18. The van der Waals surface area contributed by atoms with Gasteiger partial charge >= 0.3 is 0 Å². The molecular formula is C16H20N2OS. The van der Waals surface area contributed by atoms with E-state index in [-0.39, 0.29) is 17.7 Å². The number of hydrogen-bond donors (Lipinski definition) is 2. The van der Waals surface area contributed by atoms with Gasteiger partial charge in [-0.25, -0.2) is 0 Å². The highest BCUT2D eigenvalue weighted by molar-refractivity contribution is 7.80. The Morgan fingerprint density at radius 3 is 2.75 bits per heavy atom. The van der Waals surface area contributed by atoms with Crippen molar-refractivity contribution in [3.63, 3.8) is 0 Å². The molecule has 20 heavy (non-hydrogen) atoms. The van der Waals surface area contributed by atoms with Gasteiger partial charge in [0.05, 0.1) is 16.9 Å². The minimum absolute atomic E-state index is 0.0886. The molecular weight excluding hydrogens is 268 g/mol. The number of benzene rings is 1. The summed E-state index contributed by atoms with van der Waals surface area (Å²) < 4.78 is 0. The van der Waals surface area contributed by atoms with Crippen LogP contribution in [0.5, 0.6) is 0 Å². The molecule has 3 nitrogen and oxygen atoms in total. The molecule has 2 fully saturated rings. The first-order chi connectivity index (χ1) is 9.74. The lowest BCUT2D eigenvalue weighted by atomic mass is 9.93. The molecule has 106 valence electrons. The van der Waals surface area contributed by atoms with Crippen LogP contribution in [0.4, 0.5) is 0 Å². The Labute approximate surface area is 125 Å². The molecule has 3 atom stereocenters. The Morgan fingerprint density at radius 1 is 1.25 bits per heavy atom. The predicted molar refractivity (Wildman–Crippen MR) is 83.8 cm³/mol. The fraction of sp³-hybridized carbons (Fsp3) is 0.500. The first kappa shape index (κ1) is 13.7. The molecule has 0 aromatic heterocycles. The number of ketones is 1. The predicted octanol–water partition coefficient (Wildman–Crippen LogP) is 1.86. The number of carbonyl (C=O) groups excluding carboxylic acids is 1. The summed E-state index contributed by atoms with van der Waals surface area (Å²) in [6.07, 6.45) is 3.96. The van der Waals surface area contributed by atoms with E-state index in [0.29, 0.717) is 6.04 Å². The van der Waals surface area contributed by atoms with E-state index >= 15 is 0 Å². The second kappa shape index (κ2) is 6.02. The topological polar surface area (TPSA) is 41.1 Å². The van der Waals surface area contributed by atoms with E-state index < -0.39 is 0 Å². The van der Waals surface area contributed by atoms with Crippen molar-refractivity contribution in [3.05, 3.63) is 35.9 Å². The van der Waals surface area contributed by atoms with Gasteiger partial charge in [0, 0.05) is 6.04 Å². The summed E-state index contributed by atoms with van der Waals surface area (Å²) in [7, 11) is 0. The Kier molecular flexibility index (Phi) is 4.13.